The first-order valence-electron chi connectivity index (χ1n) is 14.4. The van der Waals surface area contributed by atoms with E-state index in [1.807, 2.05) is 102 Å². The molecule has 1 aliphatic rings. The summed E-state index contributed by atoms with van der Waals surface area (Å²) < 4.78 is 7.66. The number of rotatable bonds is 10. The number of nitrogens with zero attached hydrogens (tertiary/aromatic N) is 4. The molecular weight excluding hydrogens is 552 g/mol. The number of hydrogen-bond donors (Lipinski definition) is 0. The van der Waals surface area contributed by atoms with Crippen molar-refractivity contribution in [2.45, 2.75) is 25.2 Å². The van der Waals surface area contributed by atoms with Crippen molar-refractivity contribution < 1.29 is 9.53 Å². The molecule has 4 aromatic carbocycles. The van der Waals surface area contributed by atoms with Crippen LogP contribution in [0.4, 0.5) is 5.69 Å². The smallest absolute Gasteiger partial charge is 0.280 e. The molecule has 43 heavy (non-hydrogen) atoms. The predicted molar refractivity (Wildman–Crippen MR) is 176 cm³/mol. The molecule has 1 amide bonds. The number of thioether (sulfide) groups is 1. The third-order valence-electron chi connectivity index (χ3n) is 7.02. The molecule has 1 aromatic heterocycles. The molecule has 0 spiro atoms. The maximum absolute atomic E-state index is 13.9. The predicted octanol–water partition coefficient (Wildman–Crippen LogP) is 8.22. The van der Waals surface area contributed by atoms with Crippen molar-refractivity contribution in [1.29, 1.82) is 0 Å². The maximum atomic E-state index is 13.9. The van der Waals surface area contributed by atoms with Gasteiger partial charge in [-0.1, -0.05) is 61.0 Å². The second kappa shape index (κ2) is 13.0. The Labute approximate surface area is 256 Å². The van der Waals surface area contributed by atoms with Crippen molar-refractivity contribution in [1.82, 2.24) is 9.78 Å². The topological polar surface area (TPSA) is 59.7 Å². The summed E-state index contributed by atoms with van der Waals surface area (Å²) in [6, 6.07) is 35.9. The van der Waals surface area contributed by atoms with Crippen LogP contribution < -0.4 is 9.75 Å². The summed E-state index contributed by atoms with van der Waals surface area (Å²) in [5.74, 6) is 1.21. The molecule has 0 N–H and O–H groups in total. The minimum absolute atomic E-state index is 0.160. The number of hydrogen-bond acceptors (Lipinski definition) is 5. The lowest BCUT2D eigenvalue weighted by atomic mass is 10.0. The lowest BCUT2D eigenvalue weighted by Gasteiger charge is -2.11. The Bertz CT molecular complexity index is 1760. The average molecular weight is 585 g/mol. The van der Waals surface area contributed by atoms with E-state index in [1.165, 1.54) is 10.6 Å². The molecule has 6 rings (SSSR count). The fraction of sp³-hybridized carbons (Fsp3) is 0.139. The van der Waals surface area contributed by atoms with Crippen LogP contribution >= 0.6 is 11.8 Å². The van der Waals surface area contributed by atoms with Gasteiger partial charge in [0.15, 0.2) is 0 Å². The van der Waals surface area contributed by atoms with Gasteiger partial charge in [0, 0.05) is 28.0 Å². The van der Waals surface area contributed by atoms with Gasteiger partial charge in [0.05, 0.1) is 35.0 Å². The van der Waals surface area contributed by atoms with Crippen LogP contribution in [0.25, 0.3) is 23.0 Å². The quantitative estimate of drug-likeness (QED) is 0.123. The number of carbonyl (C=O) groups excluding carboxylic acids is 1. The van der Waals surface area contributed by atoms with Crippen molar-refractivity contribution >= 4 is 35.1 Å². The van der Waals surface area contributed by atoms with Gasteiger partial charge in [-0.2, -0.15) is 15.2 Å². The van der Waals surface area contributed by atoms with Crippen LogP contribution in [0.3, 0.4) is 0 Å². The number of amides is 1. The first kappa shape index (κ1) is 28.2. The monoisotopic (exact) mass is 584 g/mol. The molecule has 0 fully saturated rings. The third-order valence-corrected chi connectivity index (χ3v) is 8.04. The van der Waals surface area contributed by atoms with E-state index in [0.717, 1.165) is 51.0 Å². The fourth-order valence-corrected chi connectivity index (χ4v) is 5.60. The highest BCUT2D eigenvalue weighted by Gasteiger charge is 2.31. The fourth-order valence-electron chi connectivity index (χ4n) is 4.75. The maximum Gasteiger partial charge on any atom is 0.280 e. The van der Waals surface area contributed by atoms with Crippen LogP contribution in [0.5, 0.6) is 5.75 Å². The Morgan fingerprint density at radius 1 is 0.837 bits per heavy atom. The zero-order valence-electron chi connectivity index (χ0n) is 24.2. The molecule has 0 bridgehead atoms. The Morgan fingerprint density at radius 3 is 2.19 bits per heavy atom. The van der Waals surface area contributed by atoms with E-state index in [9.17, 15) is 4.79 Å². The number of para-hydroxylation sites is 2. The molecule has 0 radical (unpaired) electrons. The van der Waals surface area contributed by atoms with Crippen LogP contribution in [0.2, 0.25) is 0 Å². The highest BCUT2D eigenvalue weighted by molar-refractivity contribution is 8.00. The number of anilines is 1. The zero-order chi connectivity index (χ0) is 29.6. The van der Waals surface area contributed by atoms with Crippen LogP contribution in [0.15, 0.2) is 131 Å². The van der Waals surface area contributed by atoms with Crippen LogP contribution in [-0.2, 0) is 4.79 Å². The highest BCUT2D eigenvalue weighted by atomic mass is 32.2. The Morgan fingerprint density at radius 2 is 1.51 bits per heavy atom. The Hall–Kier alpha value is -4.88. The second-order valence-corrected chi connectivity index (χ2v) is 11.3. The molecular formula is C36H32N4O2S. The average Bonchev–Trinajstić information content (AvgIpc) is 3.62. The van der Waals surface area contributed by atoms with Gasteiger partial charge in [0.25, 0.3) is 5.91 Å². The largest absolute Gasteiger partial charge is 0.494 e. The summed E-state index contributed by atoms with van der Waals surface area (Å²) in [5, 5.41) is 11.3. The second-order valence-electron chi connectivity index (χ2n) is 10.2. The van der Waals surface area contributed by atoms with E-state index >= 15 is 0 Å². The van der Waals surface area contributed by atoms with E-state index in [-0.39, 0.29) is 5.91 Å². The first-order valence-corrected chi connectivity index (χ1v) is 15.3. The first-order chi connectivity index (χ1) is 21.1. The standard InChI is InChI=1S/C36H32N4O2S/c1-3-22-42-31-18-16-27(17-19-31)35-28(24-39(38-35)29-10-6-4-7-11-29)23-33-34(25-43-32-20-14-26(2)15-21-32)37-40(36(33)41)30-12-8-5-9-13-30/h4-21,23-24H,3,22,25H2,1-2H3/b33-23-. The molecule has 0 saturated carbocycles. The summed E-state index contributed by atoms with van der Waals surface area (Å²) in [5.41, 5.74) is 6.69. The molecule has 6 nitrogen and oxygen atoms in total. The van der Waals surface area contributed by atoms with Gasteiger partial charge in [-0.3, -0.25) is 4.79 Å². The SMILES string of the molecule is CCCOc1ccc(-c2nn(-c3ccccc3)cc2/C=C2\C(=O)N(c3ccccc3)N=C2CSc2ccc(C)cc2)cc1. The molecule has 214 valence electrons. The number of aromatic nitrogens is 2. The summed E-state index contributed by atoms with van der Waals surface area (Å²) in [6.45, 7) is 4.83. The van der Waals surface area contributed by atoms with Crippen LogP contribution in [-0.4, -0.2) is 33.8 Å². The molecule has 0 saturated heterocycles. The van der Waals surface area contributed by atoms with Gasteiger partial charge in [0.1, 0.15) is 5.75 Å². The number of benzene rings is 4. The van der Waals surface area contributed by atoms with Gasteiger partial charge in [0.2, 0.25) is 0 Å². The van der Waals surface area contributed by atoms with E-state index < -0.39 is 0 Å². The molecule has 5 aromatic rings. The van der Waals surface area contributed by atoms with Crippen molar-refractivity contribution in [2.24, 2.45) is 5.10 Å². The van der Waals surface area contributed by atoms with Crippen molar-refractivity contribution in [3.63, 3.8) is 0 Å². The lowest BCUT2D eigenvalue weighted by Crippen LogP contribution is -2.21. The lowest BCUT2D eigenvalue weighted by molar-refractivity contribution is -0.114. The van der Waals surface area contributed by atoms with Crippen molar-refractivity contribution in [3.8, 4) is 22.7 Å². The zero-order valence-corrected chi connectivity index (χ0v) is 25.0. The van der Waals surface area contributed by atoms with E-state index in [0.29, 0.717) is 17.9 Å². The molecule has 0 atom stereocenters. The molecule has 2 heterocycles. The van der Waals surface area contributed by atoms with Crippen LogP contribution in [0, 0.1) is 6.92 Å². The van der Waals surface area contributed by atoms with Crippen molar-refractivity contribution in [2.75, 3.05) is 17.4 Å². The minimum Gasteiger partial charge on any atom is -0.494 e. The molecule has 7 heteroatoms. The van der Waals surface area contributed by atoms with Gasteiger partial charge in [-0.25, -0.2) is 4.68 Å². The molecule has 0 unspecified atom stereocenters. The van der Waals surface area contributed by atoms with Gasteiger partial charge in [-0.15, -0.1) is 11.8 Å². The summed E-state index contributed by atoms with van der Waals surface area (Å²) in [7, 11) is 0. The van der Waals surface area contributed by atoms with E-state index in [2.05, 4.69) is 38.1 Å². The normalized spacial score (nSPS) is 13.9. The Kier molecular flexibility index (Phi) is 8.52. The molecule has 0 aliphatic carbocycles. The number of hydrazone groups is 1. The van der Waals surface area contributed by atoms with E-state index in [1.54, 1.807) is 11.8 Å². The van der Waals surface area contributed by atoms with Gasteiger partial charge < -0.3 is 4.74 Å². The highest BCUT2D eigenvalue weighted by Crippen LogP contribution is 2.32. The Balaban J connectivity index is 1.41. The molecule has 1 aliphatic heterocycles. The van der Waals surface area contributed by atoms with Crippen molar-refractivity contribution in [3.05, 3.63) is 132 Å². The summed E-state index contributed by atoms with van der Waals surface area (Å²) >= 11 is 1.67. The van der Waals surface area contributed by atoms with E-state index in [4.69, 9.17) is 14.9 Å². The summed E-state index contributed by atoms with van der Waals surface area (Å²) in [6.07, 6.45) is 4.85. The van der Waals surface area contributed by atoms with Gasteiger partial charge >= 0.3 is 0 Å². The third kappa shape index (κ3) is 6.47. The minimum atomic E-state index is -0.160. The number of carbonyl (C=O) groups is 1. The van der Waals surface area contributed by atoms with Crippen LogP contribution in [0.1, 0.15) is 24.5 Å². The van der Waals surface area contributed by atoms with Gasteiger partial charge in [-0.05, 0) is 80.1 Å². The number of aryl methyl sites for hydroxylation is 1. The summed E-state index contributed by atoms with van der Waals surface area (Å²) in [4.78, 5) is 15.1. The number of ether oxygens (including phenoxy) is 1.